The first-order valence-electron chi connectivity index (χ1n) is 4.28. The van der Waals surface area contributed by atoms with Gasteiger partial charge in [0.15, 0.2) is 0 Å². The van der Waals surface area contributed by atoms with Crippen molar-refractivity contribution in [3.63, 3.8) is 0 Å². The van der Waals surface area contributed by atoms with Crippen LogP contribution in [0.4, 0.5) is 0 Å². The van der Waals surface area contributed by atoms with E-state index in [4.69, 9.17) is 9.52 Å². The van der Waals surface area contributed by atoms with Crippen molar-refractivity contribution in [2.24, 2.45) is 0 Å². The van der Waals surface area contributed by atoms with Crippen LogP contribution in [-0.2, 0) is 0 Å². The average Bonchev–Trinajstić information content (AvgIpc) is 2.70. The molecule has 76 valence electrons. The molecule has 0 saturated carbocycles. The summed E-state index contributed by atoms with van der Waals surface area (Å²) in [6, 6.07) is 6.21. The molecule has 1 aromatic heterocycles. The summed E-state index contributed by atoms with van der Waals surface area (Å²) in [4.78, 5) is 10.8. The lowest BCUT2D eigenvalue weighted by molar-refractivity contribution is 0.0694. The van der Waals surface area contributed by atoms with E-state index in [0.29, 0.717) is 11.1 Å². The minimum atomic E-state index is -1.15. The van der Waals surface area contributed by atoms with Gasteiger partial charge >= 0.3 is 5.97 Å². The third-order valence-corrected chi connectivity index (χ3v) is 2.10. The molecule has 4 nitrogen and oxygen atoms in total. The van der Waals surface area contributed by atoms with Crippen LogP contribution in [-0.4, -0.2) is 16.2 Å². The van der Waals surface area contributed by atoms with Gasteiger partial charge in [0, 0.05) is 11.1 Å². The molecular weight excluding hydrogens is 196 g/mol. The number of aromatic carboxylic acids is 1. The highest BCUT2D eigenvalue weighted by molar-refractivity contribution is 5.94. The van der Waals surface area contributed by atoms with Gasteiger partial charge in [0.25, 0.3) is 0 Å². The number of carboxylic acid groups (broad SMARTS) is 1. The lowest BCUT2D eigenvalue weighted by Gasteiger charge is -2.04. The zero-order valence-corrected chi connectivity index (χ0v) is 7.68. The van der Waals surface area contributed by atoms with E-state index >= 15 is 0 Å². The largest absolute Gasteiger partial charge is 0.506 e. The van der Waals surface area contributed by atoms with Crippen LogP contribution in [0.3, 0.4) is 0 Å². The van der Waals surface area contributed by atoms with E-state index in [1.807, 2.05) is 0 Å². The van der Waals surface area contributed by atoms with Crippen molar-refractivity contribution >= 4 is 5.97 Å². The van der Waals surface area contributed by atoms with Crippen LogP contribution < -0.4 is 0 Å². The van der Waals surface area contributed by atoms with Crippen molar-refractivity contribution in [2.45, 2.75) is 0 Å². The summed E-state index contributed by atoms with van der Waals surface area (Å²) in [5.74, 6) is -1.40. The molecule has 1 aromatic carbocycles. The van der Waals surface area contributed by atoms with Gasteiger partial charge in [-0.3, -0.25) is 0 Å². The van der Waals surface area contributed by atoms with Crippen molar-refractivity contribution in [1.29, 1.82) is 0 Å². The highest BCUT2D eigenvalue weighted by Crippen LogP contribution is 2.32. The van der Waals surface area contributed by atoms with Crippen LogP contribution in [0.5, 0.6) is 5.75 Å². The predicted octanol–water partition coefficient (Wildman–Crippen LogP) is 2.35. The van der Waals surface area contributed by atoms with Crippen LogP contribution in [0.25, 0.3) is 11.1 Å². The summed E-state index contributed by atoms with van der Waals surface area (Å²) in [6.45, 7) is 0. The normalized spacial score (nSPS) is 10.1. The average molecular weight is 204 g/mol. The fraction of sp³-hybridized carbons (Fsp3) is 0. The van der Waals surface area contributed by atoms with Gasteiger partial charge in [-0.2, -0.15) is 0 Å². The van der Waals surface area contributed by atoms with Crippen LogP contribution in [0.1, 0.15) is 10.4 Å². The van der Waals surface area contributed by atoms with Crippen LogP contribution >= 0.6 is 0 Å². The molecule has 0 saturated heterocycles. The Balaban J connectivity index is 2.59. The Morgan fingerprint density at radius 3 is 2.67 bits per heavy atom. The summed E-state index contributed by atoms with van der Waals surface area (Å²) in [5.41, 5.74) is 0.980. The van der Waals surface area contributed by atoms with E-state index < -0.39 is 5.97 Å². The predicted molar refractivity (Wildman–Crippen MR) is 52.8 cm³/mol. The van der Waals surface area contributed by atoms with E-state index in [0.717, 1.165) is 0 Å². The Kier molecular flexibility index (Phi) is 2.17. The highest BCUT2D eigenvalue weighted by Gasteiger charge is 2.14. The third-order valence-electron chi connectivity index (χ3n) is 2.10. The number of furan rings is 1. The Morgan fingerprint density at radius 2 is 2.07 bits per heavy atom. The van der Waals surface area contributed by atoms with Gasteiger partial charge in [0.2, 0.25) is 0 Å². The second-order valence-electron chi connectivity index (χ2n) is 3.02. The molecule has 2 aromatic rings. The zero-order valence-electron chi connectivity index (χ0n) is 7.68. The monoisotopic (exact) mass is 204 g/mol. The maximum absolute atomic E-state index is 10.8. The molecule has 0 radical (unpaired) electrons. The molecule has 2 N–H and O–H groups in total. The van der Waals surface area contributed by atoms with E-state index in [9.17, 15) is 9.90 Å². The number of hydrogen-bond donors (Lipinski definition) is 2. The van der Waals surface area contributed by atoms with Gasteiger partial charge in [0.05, 0.1) is 12.5 Å². The Bertz CT molecular complexity index is 485. The number of rotatable bonds is 2. The maximum Gasteiger partial charge on any atom is 0.339 e. The smallest absolute Gasteiger partial charge is 0.339 e. The number of carboxylic acids is 1. The quantitative estimate of drug-likeness (QED) is 0.787. The second kappa shape index (κ2) is 3.49. The first-order chi connectivity index (χ1) is 7.20. The minimum absolute atomic E-state index is 0.117. The third kappa shape index (κ3) is 1.57. The molecule has 0 aliphatic heterocycles. The molecule has 2 rings (SSSR count). The summed E-state index contributed by atoms with van der Waals surface area (Å²) < 4.78 is 4.87. The number of phenols is 1. The van der Waals surface area contributed by atoms with Gasteiger partial charge in [-0.1, -0.05) is 12.1 Å². The van der Waals surface area contributed by atoms with E-state index in [-0.39, 0.29) is 11.3 Å². The van der Waals surface area contributed by atoms with E-state index in [1.165, 1.54) is 18.6 Å². The SMILES string of the molecule is O=C(O)c1cccc(-c2ccoc2)c1O. The Morgan fingerprint density at radius 1 is 1.27 bits per heavy atom. The van der Waals surface area contributed by atoms with Crippen molar-refractivity contribution in [1.82, 2.24) is 0 Å². The number of benzene rings is 1. The van der Waals surface area contributed by atoms with Crippen LogP contribution in [0.2, 0.25) is 0 Å². The Labute approximate surface area is 85.4 Å². The number of para-hydroxylation sites is 1. The summed E-state index contributed by atoms with van der Waals surface area (Å²) in [6.07, 6.45) is 2.91. The van der Waals surface area contributed by atoms with Crippen molar-refractivity contribution < 1.29 is 19.4 Å². The van der Waals surface area contributed by atoms with E-state index in [2.05, 4.69) is 0 Å². The van der Waals surface area contributed by atoms with Gasteiger partial charge in [-0.15, -0.1) is 0 Å². The standard InChI is InChI=1S/C11H8O4/c12-10-8(7-4-5-15-6-7)2-1-3-9(10)11(13)14/h1-6,12H,(H,13,14). The first kappa shape index (κ1) is 9.33. The molecule has 1 heterocycles. The van der Waals surface area contributed by atoms with Crippen molar-refractivity contribution in [3.8, 4) is 16.9 Å². The van der Waals surface area contributed by atoms with Crippen molar-refractivity contribution in [3.05, 3.63) is 42.4 Å². The zero-order chi connectivity index (χ0) is 10.8. The highest BCUT2D eigenvalue weighted by atomic mass is 16.4. The topological polar surface area (TPSA) is 70.7 Å². The molecule has 0 bridgehead atoms. The lowest BCUT2D eigenvalue weighted by atomic mass is 10.0. The fourth-order valence-corrected chi connectivity index (χ4v) is 1.37. The molecule has 0 aliphatic carbocycles. The van der Waals surface area contributed by atoms with Gasteiger partial charge in [-0.05, 0) is 12.1 Å². The van der Waals surface area contributed by atoms with Crippen molar-refractivity contribution in [2.75, 3.05) is 0 Å². The fourth-order valence-electron chi connectivity index (χ4n) is 1.37. The molecule has 0 amide bonds. The van der Waals surface area contributed by atoms with Crippen LogP contribution in [0, 0.1) is 0 Å². The van der Waals surface area contributed by atoms with Gasteiger partial charge < -0.3 is 14.6 Å². The molecular formula is C11H8O4. The summed E-state index contributed by atoms with van der Waals surface area (Å²) in [5, 5.41) is 18.5. The van der Waals surface area contributed by atoms with Crippen LogP contribution in [0.15, 0.2) is 41.2 Å². The molecule has 4 heteroatoms. The number of carbonyl (C=O) groups is 1. The maximum atomic E-state index is 10.8. The molecule has 15 heavy (non-hydrogen) atoms. The molecule has 0 unspecified atom stereocenters. The number of hydrogen-bond acceptors (Lipinski definition) is 3. The molecule has 0 fully saturated rings. The van der Waals surface area contributed by atoms with Gasteiger partial charge in [-0.25, -0.2) is 4.79 Å². The minimum Gasteiger partial charge on any atom is -0.506 e. The lowest BCUT2D eigenvalue weighted by Crippen LogP contribution is -1.97. The number of aromatic hydroxyl groups is 1. The summed E-state index contributed by atoms with van der Waals surface area (Å²) >= 11 is 0. The Hall–Kier alpha value is -2.23. The van der Waals surface area contributed by atoms with E-state index in [1.54, 1.807) is 18.2 Å². The second-order valence-corrected chi connectivity index (χ2v) is 3.02. The molecule has 0 spiro atoms. The van der Waals surface area contributed by atoms with Gasteiger partial charge in [0.1, 0.15) is 11.3 Å². The molecule has 0 aliphatic rings. The molecule has 0 atom stereocenters. The first-order valence-corrected chi connectivity index (χ1v) is 4.28. The summed E-state index contributed by atoms with van der Waals surface area (Å²) in [7, 11) is 0.